The predicted octanol–water partition coefficient (Wildman–Crippen LogP) is 5.72. The highest BCUT2D eigenvalue weighted by Gasteiger charge is 2.44. The molecule has 2 aromatic rings. The van der Waals surface area contributed by atoms with E-state index in [1.165, 1.54) is 48.8 Å². The van der Waals surface area contributed by atoms with Crippen LogP contribution >= 0.6 is 0 Å². The van der Waals surface area contributed by atoms with Crippen molar-refractivity contribution in [2.24, 2.45) is 0 Å². The molecular weight excluding hydrogens is 252 g/mol. The molecule has 1 saturated carbocycles. The second kappa shape index (κ2) is 4.87. The third-order valence-corrected chi connectivity index (χ3v) is 5.54. The lowest BCUT2D eigenvalue weighted by Gasteiger charge is -2.37. The number of rotatable bonds is 2. The van der Waals surface area contributed by atoms with Crippen molar-refractivity contribution in [3.05, 3.63) is 76.9 Å². The molecule has 0 amide bonds. The molecule has 0 spiro atoms. The Bertz CT molecular complexity index is 693. The summed E-state index contributed by atoms with van der Waals surface area (Å²) in [4.78, 5) is 0. The highest BCUT2D eigenvalue weighted by molar-refractivity contribution is 5.90. The molecule has 0 N–H and O–H groups in total. The number of allylic oxidation sites excluding steroid dienone is 1. The molecule has 1 fully saturated rings. The van der Waals surface area contributed by atoms with E-state index in [9.17, 15) is 0 Å². The van der Waals surface area contributed by atoms with Crippen LogP contribution in [0.3, 0.4) is 0 Å². The van der Waals surface area contributed by atoms with E-state index in [1.807, 2.05) is 0 Å². The highest BCUT2D eigenvalue weighted by atomic mass is 14.5. The quantitative estimate of drug-likeness (QED) is 0.656. The molecule has 2 aliphatic rings. The first-order valence-corrected chi connectivity index (χ1v) is 8.26. The molecule has 0 nitrogen and oxygen atoms in total. The Balaban J connectivity index is 2.02. The van der Waals surface area contributed by atoms with Crippen molar-refractivity contribution in [2.75, 3.05) is 0 Å². The lowest BCUT2D eigenvalue weighted by Crippen LogP contribution is -2.28. The maximum atomic E-state index is 2.38. The maximum Gasteiger partial charge on any atom is 0.0174 e. The van der Waals surface area contributed by atoms with Crippen molar-refractivity contribution in [3.63, 3.8) is 0 Å². The van der Waals surface area contributed by atoms with Crippen LogP contribution in [0.25, 0.3) is 5.57 Å². The third-order valence-electron chi connectivity index (χ3n) is 5.54. The van der Waals surface area contributed by atoms with Gasteiger partial charge in [0.1, 0.15) is 0 Å². The van der Waals surface area contributed by atoms with Crippen molar-refractivity contribution >= 4 is 5.57 Å². The summed E-state index contributed by atoms with van der Waals surface area (Å²) in [5.74, 6) is 0. The second-order valence-corrected chi connectivity index (χ2v) is 6.41. The first-order valence-electron chi connectivity index (χ1n) is 8.26. The summed E-state index contributed by atoms with van der Waals surface area (Å²) in [5, 5.41) is 0. The molecule has 21 heavy (non-hydrogen) atoms. The monoisotopic (exact) mass is 274 g/mol. The molecule has 0 saturated heterocycles. The summed E-state index contributed by atoms with van der Waals surface area (Å²) >= 11 is 0. The lowest BCUT2D eigenvalue weighted by atomic mass is 9.67. The summed E-state index contributed by atoms with van der Waals surface area (Å²) in [6.07, 6.45) is 6.55. The molecule has 2 aliphatic carbocycles. The molecule has 0 aliphatic heterocycles. The van der Waals surface area contributed by atoms with E-state index in [0.717, 1.165) is 0 Å². The van der Waals surface area contributed by atoms with Gasteiger partial charge in [-0.15, -0.1) is 0 Å². The zero-order valence-corrected chi connectivity index (χ0v) is 12.7. The Morgan fingerprint density at radius 3 is 2.48 bits per heavy atom. The normalized spacial score (nSPS) is 23.9. The Morgan fingerprint density at radius 1 is 0.905 bits per heavy atom. The summed E-state index contributed by atoms with van der Waals surface area (Å²) in [5.41, 5.74) is 8.04. The molecule has 0 aromatic heterocycles. The Morgan fingerprint density at radius 2 is 1.67 bits per heavy atom. The molecule has 1 unspecified atom stereocenters. The number of benzene rings is 2. The molecule has 0 radical (unpaired) electrons. The fraction of sp³-hybridized carbons (Fsp3) is 0.333. The van der Waals surface area contributed by atoms with Crippen LogP contribution in [0.2, 0.25) is 0 Å². The summed E-state index contributed by atoms with van der Waals surface area (Å²) in [6.45, 7) is 2.37. The average Bonchev–Trinajstić information content (AvgIpc) is 2.87. The van der Waals surface area contributed by atoms with Crippen molar-refractivity contribution in [3.8, 4) is 0 Å². The van der Waals surface area contributed by atoms with Crippen LogP contribution in [0.4, 0.5) is 0 Å². The fourth-order valence-corrected chi connectivity index (χ4v) is 4.58. The summed E-state index contributed by atoms with van der Waals surface area (Å²) in [6, 6.07) is 20.1. The molecule has 106 valence electrons. The van der Waals surface area contributed by atoms with Gasteiger partial charge in [-0.25, -0.2) is 0 Å². The van der Waals surface area contributed by atoms with Gasteiger partial charge in [0.2, 0.25) is 0 Å². The predicted molar refractivity (Wildman–Crippen MR) is 89.3 cm³/mol. The largest absolute Gasteiger partial charge is 0.0642 e. The van der Waals surface area contributed by atoms with Gasteiger partial charge >= 0.3 is 0 Å². The first kappa shape index (κ1) is 12.9. The Hall–Kier alpha value is -1.82. The zero-order chi connectivity index (χ0) is 14.3. The molecular formula is C21H22. The van der Waals surface area contributed by atoms with E-state index in [1.54, 1.807) is 11.1 Å². The molecule has 0 bridgehead atoms. The van der Waals surface area contributed by atoms with Gasteiger partial charge in [-0.1, -0.05) is 73.5 Å². The van der Waals surface area contributed by atoms with E-state index in [0.29, 0.717) is 5.41 Å². The zero-order valence-electron chi connectivity index (χ0n) is 12.7. The van der Waals surface area contributed by atoms with Gasteiger partial charge in [0.25, 0.3) is 0 Å². The van der Waals surface area contributed by atoms with Gasteiger partial charge in [-0.3, -0.25) is 0 Å². The van der Waals surface area contributed by atoms with Crippen LogP contribution in [0.15, 0.2) is 60.2 Å². The standard InChI is InChI=1S/C21H22/c1-2-21-15-9-8-14-19(21)20(16-10-4-3-5-11-16)17-12-6-7-13-18(17)21/h3-7,10-13H,2,8-9,14-15H2,1H3. The van der Waals surface area contributed by atoms with E-state index < -0.39 is 0 Å². The molecule has 0 heteroatoms. The fourth-order valence-electron chi connectivity index (χ4n) is 4.58. The van der Waals surface area contributed by atoms with Crippen LogP contribution in [0, 0.1) is 0 Å². The van der Waals surface area contributed by atoms with Gasteiger partial charge in [-0.2, -0.15) is 0 Å². The molecule has 1 atom stereocenters. The summed E-state index contributed by atoms with van der Waals surface area (Å²) in [7, 11) is 0. The minimum atomic E-state index is 0.319. The van der Waals surface area contributed by atoms with Crippen molar-refractivity contribution < 1.29 is 0 Å². The molecule has 2 aromatic carbocycles. The van der Waals surface area contributed by atoms with Crippen LogP contribution in [0.5, 0.6) is 0 Å². The van der Waals surface area contributed by atoms with Gasteiger partial charge in [-0.05, 0) is 47.9 Å². The van der Waals surface area contributed by atoms with Gasteiger partial charge in [0.15, 0.2) is 0 Å². The van der Waals surface area contributed by atoms with Gasteiger partial charge in [0.05, 0.1) is 0 Å². The van der Waals surface area contributed by atoms with Crippen LogP contribution in [-0.4, -0.2) is 0 Å². The van der Waals surface area contributed by atoms with Crippen molar-refractivity contribution in [1.29, 1.82) is 0 Å². The van der Waals surface area contributed by atoms with Gasteiger partial charge in [0, 0.05) is 5.41 Å². The number of fused-ring (bicyclic) bond motifs is 3. The summed E-state index contributed by atoms with van der Waals surface area (Å²) < 4.78 is 0. The van der Waals surface area contributed by atoms with Crippen LogP contribution in [0.1, 0.15) is 55.7 Å². The first-order chi connectivity index (χ1) is 10.4. The Kier molecular flexibility index (Phi) is 2.99. The average molecular weight is 274 g/mol. The van der Waals surface area contributed by atoms with Crippen LogP contribution < -0.4 is 0 Å². The Labute approximate surface area is 127 Å². The van der Waals surface area contributed by atoms with Crippen molar-refractivity contribution in [1.82, 2.24) is 0 Å². The SMILES string of the molecule is CCC12CCCCC1=C(c1ccccc1)c1ccccc12. The highest BCUT2D eigenvalue weighted by Crippen LogP contribution is 2.56. The number of hydrogen-bond donors (Lipinski definition) is 0. The molecule has 0 heterocycles. The third kappa shape index (κ3) is 1.75. The van der Waals surface area contributed by atoms with Crippen molar-refractivity contribution in [2.45, 2.75) is 44.4 Å². The van der Waals surface area contributed by atoms with Gasteiger partial charge < -0.3 is 0 Å². The van der Waals surface area contributed by atoms with E-state index >= 15 is 0 Å². The smallest absolute Gasteiger partial charge is 0.0174 e. The second-order valence-electron chi connectivity index (χ2n) is 6.41. The van der Waals surface area contributed by atoms with Crippen LogP contribution in [-0.2, 0) is 5.41 Å². The van der Waals surface area contributed by atoms with E-state index in [4.69, 9.17) is 0 Å². The lowest BCUT2D eigenvalue weighted by molar-refractivity contribution is 0.380. The minimum absolute atomic E-state index is 0.319. The maximum absolute atomic E-state index is 2.38. The van der Waals surface area contributed by atoms with E-state index in [2.05, 4.69) is 61.5 Å². The van der Waals surface area contributed by atoms with E-state index in [-0.39, 0.29) is 0 Å². The number of hydrogen-bond acceptors (Lipinski definition) is 0. The minimum Gasteiger partial charge on any atom is -0.0642 e. The topological polar surface area (TPSA) is 0 Å². The molecule has 4 rings (SSSR count).